The Hall–Kier alpha value is -1.45. The smallest absolute Gasteiger partial charge is 0.134 e. The molecule has 0 N–H and O–H groups in total. The monoisotopic (exact) mass is 339 g/mol. The molecule has 4 rings (SSSR count). The number of rotatable bonds is 4. The number of fused-ring (bicyclic) bond motifs is 2. The van der Waals surface area contributed by atoms with Crippen molar-refractivity contribution >= 4 is 11.8 Å². The van der Waals surface area contributed by atoms with Crippen molar-refractivity contribution in [2.45, 2.75) is 48.0 Å². The molecule has 0 spiro atoms. The molecule has 2 aliphatic heterocycles. The van der Waals surface area contributed by atoms with E-state index in [0.29, 0.717) is 0 Å². The third kappa shape index (κ3) is 3.62. The Morgan fingerprint density at radius 3 is 2.54 bits per heavy atom. The van der Waals surface area contributed by atoms with E-state index in [1.165, 1.54) is 60.7 Å². The van der Waals surface area contributed by atoms with Crippen LogP contribution in [-0.2, 0) is 0 Å². The van der Waals surface area contributed by atoms with E-state index in [1.807, 2.05) is 11.8 Å². The molecule has 2 nitrogen and oxygen atoms in total. The molecule has 0 bridgehead atoms. The molecule has 2 heterocycles. The van der Waals surface area contributed by atoms with E-state index in [4.69, 9.17) is 4.74 Å². The molecule has 0 aliphatic carbocycles. The second-order valence-electron chi connectivity index (χ2n) is 6.74. The van der Waals surface area contributed by atoms with Crippen LogP contribution in [0, 0.1) is 0 Å². The lowest BCUT2D eigenvalue weighted by molar-refractivity contribution is 0.167. The van der Waals surface area contributed by atoms with E-state index in [2.05, 4.69) is 53.4 Å². The van der Waals surface area contributed by atoms with Crippen LogP contribution in [0.1, 0.15) is 43.8 Å². The van der Waals surface area contributed by atoms with Crippen molar-refractivity contribution in [1.29, 1.82) is 0 Å². The average Bonchev–Trinajstić information content (AvgIpc) is 2.79. The minimum atomic E-state index is 0.169. The molecular formula is C21H25NOS. The zero-order chi connectivity index (χ0) is 16.2. The van der Waals surface area contributed by atoms with Crippen LogP contribution < -0.4 is 4.74 Å². The largest absolute Gasteiger partial charge is 0.485 e. The predicted molar refractivity (Wildman–Crippen MR) is 99.9 cm³/mol. The van der Waals surface area contributed by atoms with Crippen LogP contribution >= 0.6 is 11.8 Å². The fraction of sp³-hybridized carbons (Fsp3) is 0.429. The van der Waals surface area contributed by atoms with Crippen molar-refractivity contribution in [3.05, 3.63) is 54.1 Å². The number of hydrogen-bond donors (Lipinski definition) is 0. The molecule has 0 unspecified atom stereocenters. The van der Waals surface area contributed by atoms with E-state index >= 15 is 0 Å². The van der Waals surface area contributed by atoms with Gasteiger partial charge in [0.15, 0.2) is 0 Å². The summed E-state index contributed by atoms with van der Waals surface area (Å²) in [4.78, 5) is 5.18. The summed E-state index contributed by atoms with van der Waals surface area (Å²) in [5.41, 5.74) is 1.34. The minimum Gasteiger partial charge on any atom is -0.485 e. The van der Waals surface area contributed by atoms with Gasteiger partial charge in [-0.25, -0.2) is 0 Å². The first-order valence-corrected chi connectivity index (χ1v) is 9.96. The lowest BCUT2D eigenvalue weighted by Crippen LogP contribution is -2.30. The first kappa shape index (κ1) is 16.0. The van der Waals surface area contributed by atoms with Gasteiger partial charge in [0.1, 0.15) is 11.9 Å². The second-order valence-corrected chi connectivity index (χ2v) is 7.82. The summed E-state index contributed by atoms with van der Waals surface area (Å²) in [5, 5.41) is 0. The van der Waals surface area contributed by atoms with Crippen LogP contribution in [0.4, 0.5) is 0 Å². The van der Waals surface area contributed by atoms with E-state index in [0.717, 1.165) is 12.2 Å². The van der Waals surface area contributed by atoms with Crippen molar-refractivity contribution in [2.24, 2.45) is 0 Å². The molecular weight excluding hydrogens is 314 g/mol. The van der Waals surface area contributed by atoms with Crippen molar-refractivity contribution < 1.29 is 4.74 Å². The van der Waals surface area contributed by atoms with E-state index in [1.54, 1.807) is 0 Å². The summed E-state index contributed by atoms with van der Waals surface area (Å²) in [5.74, 6) is 1.03. The number of hydrogen-bond acceptors (Lipinski definition) is 3. The van der Waals surface area contributed by atoms with Crippen molar-refractivity contribution in [3.63, 3.8) is 0 Å². The summed E-state index contributed by atoms with van der Waals surface area (Å²) in [6.07, 6.45) is 6.60. The van der Waals surface area contributed by atoms with Crippen LogP contribution in [0.25, 0.3) is 0 Å². The molecule has 1 saturated heterocycles. The highest BCUT2D eigenvalue weighted by Crippen LogP contribution is 2.44. The maximum absolute atomic E-state index is 6.43. The molecule has 2 aromatic carbocycles. The number of para-hydroxylation sites is 1. The number of likely N-dealkylation sites (tertiary alicyclic amines) is 1. The normalized spacial score (nSPS) is 20.6. The van der Waals surface area contributed by atoms with E-state index in [-0.39, 0.29) is 6.10 Å². The van der Waals surface area contributed by atoms with Crippen molar-refractivity contribution in [3.8, 4) is 5.75 Å². The van der Waals surface area contributed by atoms with E-state index < -0.39 is 0 Å². The minimum absolute atomic E-state index is 0.169. The summed E-state index contributed by atoms with van der Waals surface area (Å²) >= 11 is 1.83. The first-order chi connectivity index (χ1) is 11.9. The molecule has 126 valence electrons. The molecule has 3 heteroatoms. The zero-order valence-corrected chi connectivity index (χ0v) is 14.9. The lowest BCUT2D eigenvalue weighted by Gasteiger charge is -2.27. The van der Waals surface area contributed by atoms with Crippen LogP contribution in [0.3, 0.4) is 0 Å². The molecule has 2 aromatic rings. The quantitative estimate of drug-likeness (QED) is 0.726. The van der Waals surface area contributed by atoms with Crippen LogP contribution in [0.5, 0.6) is 5.75 Å². The highest BCUT2D eigenvalue weighted by Gasteiger charge is 2.23. The summed E-state index contributed by atoms with van der Waals surface area (Å²) in [6.45, 7) is 3.76. The topological polar surface area (TPSA) is 12.5 Å². The average molecular weight is 340 g/mol. The Morgan fingerprint density at radius 1 is 0.917 bits per heavy atom. The van der Waals surface area contributed by atoms with Crippen LogP contribution in [0.2, 0.25) is 0 Å². The third-order valence-corrected chi connectivity index (χ3v) is 6.14. The third-order valence-electron chi connectivity index (χ3n) is 4.99. The molecule has 0 amide bonds. The Kier molecular flexibility index (Phi) is 5.10. The van der Waals surface area contributed by atoms with Crippen molar-refractivity contribution in [2.75, 3.05) is 19.6 Å². The Balaban J connectivity index is 1.48. The summed E-state index contributed by atoms with van der Waals surface area (Å²) in [7, 11) is 0. The van der Waals surface area contributed by atoms with Crippen LogP contribution in [0.15, 0.2) is 58.3 Å². The van der Waals surface area contributed by atoms with Gasteiger partial charge in [-0.05, 0) is 63.5 Å². The van der Waals surface area contributed by atoms with E-state index in [9.17, 15) is 0 Å². The van der Waals surface area contributed by atoms with Gasteiger partial charge in [-0.2, -0.15) is 0 Å². The number of benzene rings is 2. The lowest BCUT2D eigenvalue weighted by atomic mass is 10.0. The first-order valence-electron chi connectivity index (χ1n) is 9.15. The molecule has 2 aliphatic rings. The van der Waals surface area contributed by atoms with Gasteiger partial charge in [-0.15, -0.1) is 0 Å². The van der Waals surface area contributed by atoms with Gasteiger partial charge in [0, 0.05) is 10.5 Å². The number of nitrogens with zero attached hydrogens (tertiary/aromatic N) is 1. The van der Waals surface area contributed by atoms with Gasteiger partial charge in [0.2, 0.25) is 0 Å². The predicted octanol–water partition coefficient (Wildman–Crippen LogP) is 5.54. The van der Waals surface area contributed by atoms with Gasteiger partial charge < -0.3 is 9.64 Å². The Labute approximate surface area is 149 Å². The number of ether oxygens (including phenoxy) is 1. The summed E-state index contributed by atoms with van der Waals surface area (Å²) in [6, 6.07) is 17.2. The van der Waals surface area contributed by atoms with Gasteiger partial charge in [0.25, 0.3) is 0 Å². The molecule has 1 fully saturated rings. The Bertz CT molecular complexity index is 681. The van der Waals surface area contributed by atoms with Gasteiger partial charge >= 0.3 is 0 Å². The van der Waals surface area contributed by atoms with Crippen LogP contribution in [-0.4, -0.2) is 24.5 Å². The number of piperidine rings is 1. The van der Waals surface area contributed by atoms with Gasteiger partial charge in [-0.1, -0.05) is 48.5 Å². The molecule has 0 aromatic heterocycles. The second kappa shape index (κ2) is 7.62. The van der Waals surface area contributed by atoms with Gasteiger partial charge in [0.05, 0.1) is 4.90 Å². The van der Waals surface area contributed by atoms with Gasteiger partial charge in [-0.3, -0.25) is 0 Å². The fourth-order valence-corrected chi connectivity index (χ4v) is 4.77. The molecule has 24 heavy (non-hydrogen) atoms. The fourth-order valence-electron chi connectivity index (χ4n) is 3.70. The Morgan fingerprint density at radius 2 is 1.67 bits per heavy atom. The highest BCUT2D eigenvalue weighted by molar-refractivity contribution is 7.99. The zero-order valence-electron chi connectivity index (χ0n) is 14.1. The molecule has 0 saturated carbocycles. The van der Waals surface area contributed by atoms with Crippen molar-refractivity contribution in [1.82, 2.24) is 4.90 Å². The molecule has 1 atom stereocenters. The maximum atomic E-state index is 6.43. The molecule has 0 radical (unpaired) electrons. The maximum Gasteiger partial charge on any atom is 0.134 e. The summed E-state index contributed by atoms with van der Waals surface area (Å²) < 4.78 is 6.43. The standard InChI is InChI=1S/C21H25NOS/c1-6-14-22(15-7-1)16-8-11-18-17-9-2-4-12-20(17)24-21-13-5-3-10-19(21)23-18/h2-5,9-10,12-13,18H,1,6-8,11,14-16H2/t18-/m1/s1. The highest BCUT2D eigenvalue weighted by atomic mass is 32.2. The SMILES string of the molecule is c1ccc2c(c1)O[C@H](CCCN1CCCCC1)c1ccccc1S2.